The van der Waals surface area contributed by atoms with E-state index in [1.165, 1.54) is 18.2 Å². The molecule has 108 valence electrons. The summed E-state index contributed by atoms with van der Waals surface area (Å²) in [6.07, 6.45) is 1.30. The van der Waals surface area contributed by atoms with E-state index >= 15 is 0 Å². The molecular formula is C13H17N3O4. The number of nitrogens with two attached hydrogens (primary N) is 2. The zero-order chi connectivity index (χ0) is 15.1. The van der Waals surface area contributed by atoms with Crippen LogP contribution in [0, 0.1) is 0 Å². The van der Waals surface area contributed by atoms with Crippen LogP contribution in [0.1, 0.15) is 40.0 Å². The predicted octanol–water partition coefficient (Wildman–Crippen LogP) is -0.0145. The Morgan fingerprint density at radius 2 is 1.55 bits per heavy atom. The van der Waals surface area contributed by atoms with E-state index in [0.717, 1.165) is 0 Å². The van der Waals surface area contributed by atoms with E-state index in [4.69, 9.17) is 16.6 Å². The van der Waals surface area contributed by atoms with Crippen LogP contribution in [0.4, 0.5) is 5.69 Å². The average Bonchev–Trinajstić information content (AvgIpc) is 2.38. The maximum Gasteiger partial charge on any atom is 0.248 e. The molecule has 0 heterocycles. The van der Waals surface area contributed by atoms with Gasteiger partial charge in [-0.1, -0.05) is 0 Å². The first kappa shape index (κ1) is 15.6. The van der Waals surface area contributed by atoms with Crippen molar-refractivity contribution < 1.29 is 19.5 Å². The number of hydrogen-bond acceptors (Lipinski definition) is 4. The monoisotopic (exact) mass is 279 g/mol. The first-order chi connectivity index (χ1) is 9.43. The molecule has 0 aromatic heterocycles. The van der Waals surface area contributed by atoms with Gasteiger partial charge in [-0.05, 0) is 31.0 Å². The van der Waals surface area contributed by atoms with Gasteiger partial charge in [-0.15, -0.1) is 0 Å². The highest BCUT2D eigenvalue weighted by Crippen LogP contribution is 2.15. The maximum atomic E-state index is 11.6. The summed E-state index contributed by atoms with van der Waals surface area (Å²) in [6, 6.07) is 4.02. The number of carbonyl (C=O) groups excluding carboxylic acids is 3. The van der Waals surface area contributed by atoms with Crippen LogP contribution in [0.5, 0.6) is 0 Å². The Kier molecular flexibility index (Phi) is 5.67. The van der Waals surface area contributed by atoms with Crippen LogP contribution in [0.3, 0.4) is 0 Å². The lowest BCUT2D eigenvalue weighted by Gasteiger charge is -2.08. The molecule has 3 amide bonds. The summed E-state index contributed by atoms with van der Waals surface area (Å²) in [7, 11) is 0. The zero-order valence-corrected chi connectivity index (χ0v) is 10.9. The van der Waals surface area contributed by atoms with Crippen LogP contribution in [-0.2, 0) is 4.79 Å². The van der Waals surface area contributed by atoms with E-state index in [1.807, 2.05) is 0 Å². The van der Waals surface area contributed by atoms with E-state index in [9.17, 15) is 14.4 Å². The standard InChI is InChI=1S/C13H17N3O4/c14-12(19)8-5-9(13(15)20)7-10(6-8)16-11(18)3-1-2-4-17/h5-7,17H,1-4H2,(H2,14,19)(H2,15,20)(H,16,18). The Bertz CT molecular complexity index is 496. The molecule has 0 saturated carbocycles. The topological polar surface area (TPSA) is 136 Å². The summed E-state index contributed by atoms with van der Waals surface area (Å²) in [5, 5.41) is 11.2. The van der Waals surface area contributed by atoms with Crippen LogP contribution in [0.25, 0.3) is 0 Å². The molecule has 0 aliphatic heterocycles. The minimum absolute atomic E-state index is 0.0241. The summed E-state index contributed by atoms with van der Waals surface area (Å²) < 4.78 is 0. The Hall–Kier alpha value is -2.41. The molecule has 1 aromatic carbocycles. The summed E-state index contributed by atoms with van der Waals surface area (Å²) in [4.78, 5) is 33.9. The number of unbranched alkanes of at least 4 members (excludes halogenated alkanes) is 1. The summed E-state index contributed by atoms with van der Waals surface area (Å²) >= 11 is 0. The van der Waals surface area contributed by atoms with Gasteiger partial charge in [-0.2, -0.15) is 0 Å². The number of rotatable bonds is 7. The van der Waals surface area contributed by atoms with Crippen molar-refractivity contribution >= 4 is 23.4 Å². The minimum atomic E-state index is -0.719. The fraction of sp³-hybridized carbons (Fsp3) is 0.308. The van der Waals surface area contributed by atoms with Crippen molar-refractivity contribution in [2.24, 2.45) is 11.5 Å². The fourth-order valence-corrected chi connectivity index (χ4v) is 1.61. The third kappa shape index (κ3) is 4.69. The maximum absolute atomic E-state index is 11.6. The van der Waals surface area contributed by atoms with E-state index < -0.39 is 11.8 Å². The molecule has 0 aliphatic carbocycles. The van der Waals surface area contributed by atoms with Gasteiger partial charge in [0.25, 0.3) is 0 Å². The first-order valence-electron chi connectivity index (χ1n) is 6.09. The van der Waals surface area contributed by atoms with Gasteiger partial charge in [0.2, 0.25) is 17.7 Å². The fourth-order valence-electron chi connectivity index (χ4n) is 1.61. The van der Waals surface area contributed by atoms with Gasteiger partial charge >= 0.3 is 0 Å². The minimum Gasteiger partial charge on any atom is -0.396 e. The molecule has 0 unspecified atom stereocenters. The number of anilines is 1. The smallest absolute Gasteiger partial charge is 0.248 e. The van der Waals surface area contributed by atoms with Crippen molar-refractivity contribution in [3.05, 3.63) is 29.3 Å². The number of hydrogen-bond donors (Lipinski definition) is 4. The Labute approximate surface area is 115 Å². The Balaban J connectivity index is 2.86. The van der Waals surface area contributed by atoms with Gasteiger partial charge in [-0.3, -0.25) is 14.4 Å². The third-order valence-electron chi connectivity index (χ3n) is 2.60. The van der Waals surface area contributed by atoms with Crippen LogP contribution in [0.15, 0.2) is 18.2 Å². The molecule has 7 heteroatoms. The number of primary amides is 2. The highest BCUT2D eigenvalue weighted by Gasteiger charge is 2.10. The highest BCUT2D eigenvalue weighted by atomic mass is 16.3. The number of carbonyl (C=O) groups is 3. The third-order valence-corrected chi connectivity index (χ3v) is 2.60. The van der Waals surface area contributed by atoms with Crippen LogP contribution in [0.2, 0.25) is 0 Å². The average molecular weight is 279 g/mol. The molecule has 0 fully saturated rings. The van der Waals surface area contributed by atoms with Gasteiger partial charge in [0.15, 0.2) is 0 Å². The van der Waals surface area contributed by atoms with Crippen molar-refractivity contribution in [3.63, 3.8) is 0 Å². The zero-order valence-electron chi connectivity index (χ0n) is 10.9. The molecule has 0 atom stereocenters. The molecule has 0 saturated heterocycles. The lowest BCUT2D eigenvalue weighted by molar-refractivity contribution is -0.116. The summed E-state index contributed by atoms with van der Waals surface area (Å²) in [5.74, 6) is -1.72. The second-order valence-corrected chi connectivity index (χ2v) is 4.26. The van der Waals surface area contributed by atoms with Crippen LogP contribution in [-0.4, -0.2) is 29.4 Å². The molecule has 0 bridgehead atoms. The van der Waals surface area contributed by atoms with Crippen LogP contribution >= 0.6 is 0 Å². The first-order valence-corrected chi connectivity index (χ1v) is 6.09. The molecular weight excluding hydrogens is 262 g/mol. The van der Waals surface area contributed by atoms with E-state index in [-0.39, 0.29) is 35.7 Å². The van der Waals surface area contributed by atoms with E-state index in [1.54, 1.807) is 0 Å². The van der Waals surface area contributed by atoms with Gasteiger partial charge in [-0.25, -0.2) is 0 Å². The van der Waals surface area contributed by atoms with Gasteiger partial charge in [0.05, 0.1) is 0 Å². The van der Waals surface area contributed by atoms with E-state index in [2.05, 4.69) is 5.32 Å². The molecule has 6 N–H and O–H groups in total. The Morgan fingerprint density at radius 3 is 2.00 bits per heavy atom. The molecule has 0 radical (unpaired) electrons. The van der Waals surface area contributed by atoms with Crippen molar-refractivity contribution in [1.82, 2.24) is 0 Å². The molecule has 0 aliphatic rings. The Morgan fingerprint density at radius 1 is 1.00 bits per heavy atom. The van der Waals surface area contributed by atoms with Gasteiger partial charge in [0.1, 0.15) is 0 Å². The SMILES string of the molecule is NC(=O)c1cc(NC(=O)CCCCO)cc(C(N)=O)c1. The van der Waals surface area contributed by atoms with Crippen molar-refractivity contribution in [1.29, 1.82) is 0 Å². The van der Waals surface area contributed by atoms with E-state index in [0.29, 0.717) is 12.8 Å². The van der Waals surface area contributed by atoms with Gasteiger partial charge in [0, 0.05) is 29.8 Å². The quantitative estimate of drug-likeness (QED) is 0.522. The second-order valence-electron chi connectivity index (χ2n) is 4.26. The van der Waals surface area contributed by atoms with Crippen molar-refractivity contribution in [3.8, 4) is 0 Å². The number of aliphatic hydroxyl groups is 1. The predicted molar refractivity (Wildman–Crippen MR) is 73.0 cm³/mol. The van der Waals surface area contributed by atoms with Crippen molar-refractivity contribution in [2.45, 2.75) is 19.3 Å². The lowest BCUT2D eigenvalue weighted by Crippen LogP contribution is -2.18. The molecule has 1 rings (SSSR count). The van der Waals surface area contributed by atoms with Crippen molar-refractivity contribution in [2.75, 3.05) is 11.9 Å². The second kappa shape index (κ2) is 7.25. The number of amides is 3. The molecule has 0 spiro atoms. The summed E-state index contributed by atoms with van der Waals surface area (Å²) in [5.41, 5.74) is 10.8. The molecule has 7 nitrogen and oxygen atoms in total. The summed E-state index contributed by atoms with van der Waals surface area (Å²) in [6.45, 7) is 0.0241. The number of benzene rings is 1. The largest absolute Gasteiger partial charge is 0.396 e. The highest BCUT2D eigenvalue weighted by molar-refractivity contribution is 6.01. The molecule has 20 heavy (non-hydrogen) atoms. The number of nitrogens with one attached hydrogen (secondary N) is 1. The normalized spacial score (nSPS) is 10.1. The van der Waals surface area contributed by atoms with Crippen LogP contribution < -0.4 is 16.8 Å². The molecule has 1 aromatic rings. The number of aliphatic hydroxyl groups excluding tert-OH is 1. The van der Waals surface area contributed by atoms with Gasteiger partial charge < -0.3 is 21.9 Å². The lowest BCUT2D eigenvalue weighted by atomic mass is 10.1.